The van der Waals surface area contributed by atoms with Crippen molar-refractivity contribution in [3.63, 3.8) is 0 Å². The molecule has 0 spiro atoms. The Kier molecular flexibility index (Phi) is 3.73. The largest absolute Gasteiger partial charge is 0.341 e. The van der Waals surface area contributed by atoms with Gasteiger partial charge in [-0.1, -0.05) is 0 Å². The normalized spacial score (nSPS) is 29.4. The topological polar surface area (TPSA) is 26.8 Å². The zero-order valence-corrected chi connectivity index (χ0v) is 11.5. The maximum Gasteiger partial charge on any atom is 0.236 e. The quantitative estimate of drug-likeness (QED) is 0.711. The van der Waals surface area contributed by atoms with Crippen LogP contribution in [0.15, 0.2) is 0 Å². The molecule has 0 aliphatic carbocycles. The van der Waals surface area contributed by atoms with Crippen LogP contribution in [-0.4, -0.2) is 73.5 Å². The van der Waals surface area contributed by atoms with E-state index in [-0.39, 0.29) is 0 Å². The van der Waals surface area contributed by atoms with Gasteiger partial charge in [0.15, 0.2) is 0 Å². The number of likely N-dealkylation sites (tertiary alicyclic amines) is 2. The summed E-state index contributed by atoms with van der Waals surface area (Å²) in [5.41, 5.74) is 0. The lowest BCUT2D eigenvalue weighted by atomic mass is 10.0. The van der Waals surface area contributed by atoms with Crippen molar-refractivity contribution in [2.75, 3.05) is 46.8 Å². The summed E-state index contributed by atoms with van der Waals surface area (Å²) in [7, 11) is 3.91. The summed E-state index contributed by atoms with van der Waals surface area (Å²) < 4.78 is 0. The smallest absolute Gasteiger partial charge is 0.236 e. The summed E-state index contributed by atoms with van der Waals surface area (Å²) in [6.07, 6.45) is 0. The molecule has 2 heterocycles. The van der Waals surface area contributed by atoms with Gasteiger partial charge in [-0.2, -0.15) is 0 Å². The second kappa shape index (κ2) is 4.94. The third-order valence-electron chi connectivity index (χ3n) is 4.05. The van der Waals surface area contributed by atoms with E-state index in [9.17, 15) is 4.79 Å². The van der Waals surface area contributed by atoms with Gasteiger partial charge in [-0.3, -0.25) is 4.79 Å². The number of carbonyl (C=O) groups is 1. The highest BCUT2D eigenvalue weighted by Gasteiger charge is 2.41. The summed E-state index contributed by atoms with van der Waals surface area (Å²) in [4.78, 5) is 18.5. The molecule has 2 aliphatic rings. The molecule has 2 fully saturated rings. The predicted octanol–water partition coefficient (Wildman–Crippen LogP) is 0.347. The molecule has 0 radical (unpaired) electrons. The monoisotopic (exact) mass is 239 g/mol. The zero-order chi connectivity index (χ0) is 12.6. The van der Waals surface area contributed by atoms with E-state index in [2.05, 4.69) is 23.6 Å². The molecule has 0 unspecified atom stereocenters. The van der Waals surface area contributed by atoms with Crippen molar-refractivity contribution in [3.05, 3.63) is 0 Å². The van der Waals surface area contributed by atoms with Crippen LogP contribution in [0, 0.1) is 11.8 Å². The van der Waals surface area contributed by atoms with Crippen molar-refractivity contribution in [2.45, 2.75) is 19.9 Å². The molecule has 0 bridgehead atoms. The molecule has 98 valence electrons. The standard InChI is InChI=1S/C13H25N3O/c1-10(2)15-5-11-7-16(8-12(11)6-15)13(17)9-14(3)4/h10-12H,5-9H2,1-4H3/t11-,12+. The van der Waals surface area contributed by atoms with E-state index in [1.807, 2.05) is 19.0 Å². The van der Waals surface area contributed by atoms with Crippen molar-refractivity contribution in [1.82, 2.24) is 14.7 Å². The van der Waals surface area contributed by atoms with Crippen molar-refractivity contribution in [1.29, 1.82) is 0 Å². The van der Waals surface area contributed by atoms with Gasteiger partial charge in [0.25, 0.3) is 0 Å². The third-order valence-corrected chi connectivity index (χ3v) is 4.05. The first-order valence-electron chi connectivity index (χ1n) is 6.64. The molecule has 2 saturated heterocycles. The second-order valence-electron chi connectivity index (χ2n) is 6.10. The van der Waals surface area contributed by atoms with Crippen LogP contribution in [0.2, 0.25) is 0 Å². The minimum absolute atomic E-state index is 0.292. The molecule has 17 heavy (non-hydrogen) atoms. The molecule has 2 aliphatic heterocycles. The average Bonchev–Trinajstić information content (AvgIpc) is 2.71. The van der Waals surface area contributed by atoms with E-state index >= 15 is 0 Å². The first-order chi connectivity index (χ1) is 7.97. The van der Waals surface area contributed by atoms with E-state index in [0.29, 0.717) is 30.3 Å². The Labute approximate surface area is 105 Å². The predicted molar refractivity (Wildman–Crippen MR) is 68.8 cm³/mol. The van der Waals surface area contributed by atoms with Crippen molar-refractivity contribution in [3.8, 4) is 0 Å². The van der Waals surface area contributed by atoms with Crippen LogP contribution in [0.5, 0.6) is 0 Å². The third kappa shape index (κ3) is 2.80. The maximum atomic E-state index is 12.0. The lowest BCUT2D eigenvalue weighted by Crippen LogP contribution is -2.39. The lowest BCUT2D eigenvalue weighted by Gasteiger charge is -2.25. The fraction of sp³-hybridized carbons (Fsp3) is 0.923. The summed E-state index contributed by atoms with van der Waals surface area (Å²) in [5, 5.41) is 0. The average molecular weight is 239 g/mol. The molecule has 2 rings (SSSR count). The van der Waals surface area contributed by atoms with Gasteiger partial charge < -0.3 is 14.7 Å². The molecule has 4 nitrogen and oxygen atoms in total. The van der Waals surface area contributed by atoms with Crippen molar-refractivity contribution < 1.29 is 4.79 Å². The van der Waals surface area contributed by atoms with E-state index in [1.165, 1.54) is 13.1 Å². The minimum Gasteiger partial charge on any atom is -0.341 e. The Hall–Kier alpha value is -0.610. The fourth-order valence-electron chi connectivity index (χ4n) is 3.03. The highest BCUT2D eigenvalue weighted by atomic mass is 16.2. The number of hydrogen-bond acceptors (Lipinski definition) is 3. The number of nitrogens with zero attached hydrogens (tertiary/aromatic N) is 3. The van der Waals surface area contributed by atoms with Gasteiger partial charge in [0.2, 0.25) is 5.91 Å². The summed E-state index contributed by atoms with van der Waals surface area (Å²) in [6, 6.07) is 0.645. The van der Waals surface area contributed by atoms with E-state index in [1.54, 1.807) is 0 Å². The number of likely N-dealkylation sites (N-methyl/N-ethyl adjacent to an activating group) is 1. The Morgan fingerprint density at radius 1 is 1.18 bits per heavy atom. The summed E-state index contributed by atoms with van der Waals surface area (Å²) >= 11 is 0. The van der Waals surface area contributed by atoms with Crippen LogP contribution in [0.3, 0.4) is 0 Å². The Morgan fingerprint density at radius 3 is 2.12 bits per heavy atom. The SMILES string of the molecule is CC(C)N1C[C@H]2CN(C(=O)CN(C)C)C[C@H]2C1. The number of amides is 1. The molecular weight excluding hydrogens is 214 g/mol. The van der Waals surface area contributed by atoms with E-state index < -0.39 is 0 Å². The van der Waals surface area contributed by atoms with Crippen LogP contribution in [-0.2, 0) is 4.79 Å². The lowest BCUT2D eigenvalue weighted by molar-refractivity contribution is -0.131. The van der Waals surface area contributed by atoms with Crippen LogP contribution in [0.4, 0.5) is 0 Å². The molecule has 0 aromatic rings. The molecule has 0 aromatic carbocycles. The highest BCUT2D eigenvalue weighted by molar-refractivity contribution is 5.78. The van der Waals surface area contributed by atoms with Gasteiger partial charge in [0.1, 0.15) is 0 Å². The molecule has 0 aromatic heterocycles. The molecule has 1 amide bonds. The number of hydrogen-bond donors (Lipinski definition) is 0. The van der Waals surface area contributed by atoms with Crippen LogP contribution in [0.25, 0.3) is 0 Å². The van der Waals surface area contributed by atoms with Gasteiger partial charge in [-0.25, -0.2) is 0 Å². The summed E-state index contributed by atoms with van der Waals surface area (Å²) in [5.74, 6) is 1.72. The van der Waals surface area contributed by atoms with Gasteiger partial charge in [-0.15, -0.1) is 0 Å². The van der Waals surface area contributed by atoms with Crippen molar-refractivity contribution in [2.24, 2.45) is 11.8 Å². The molecule has 4 heteroatoms. The molecular formula is C13H25N3O. The number of carbonyl (C=O) groups excluding carboxylic acids is 1. The summed E-state index contributed by atoms with van der Waals surface area (Å²) in [6.45, 7) is 9.36. The van der Waals surface area contributed by atoms with Gasteiger partial charge in [-0.05, 0) is 39.8 Å². The second-order valence-corrected chi connectivity index (χ2v) is 6.10. The van der Waals surface area contributed by atoms with E-state index in [4.69, 9.17) is 0 Å². The molecule has 2 atom stereocenters. The number of fused-ring (bicyclic) bond motifs is 1. The van der Waals surface area contributed by atoms with Gasteiger partial charge in [0, 0.05) is 32.2 Å². The van der Waals surface area contributed by atoms with Gasteiger partial charge >= 0.3 is 0 Å². The van der Waals surface area contributed by atoms with E-state index in [0.717, 1.165) is 13.1 Å². The Morgan fingerprint density at radius 2 is 1.71 bits per heavy atom. The van der Waals surface area contributed by atoms with Gasteiger partial charge in [0.05, 0.1) is 6.54 Å². The highest BCUT2D eigenvalue weighted by Crippen LogP contribution is 2.31. The van der Waals surface area contributed by atoms with Crippen LogP contribution in [0.1, 0.15) is 13.8 Å². The molecule has 0 saturated carbocycles. The maximum absolute atomic E-state index is 12.0. The van der Waals surface area contributed by atoms with Crippen LogP contribution >= 0.6 is 0 Å². The minimum atomic E-state index is 0.292. The Bertz CT molecular complexity index is 276. The first kappa shape index (κ1) is 12.8. The van der Waals surface area contributed by atoms with Crippen molar-refractivity contribution >= 4 is 5.91 Å². The number of rotatable bonds is 3. The zero-order valence-electron chi connectivity index (χ0n) is 11.5. The van der Waals surface area contributed by atoms with Crippen LogP contribution < -0.4 is 0 Å². The fourth-order valence-corrected chi connectivity index (χ4v) is 3.03. The first-order valence-corrected chi connectivity index (χ1v) is 6.64. The molecule has 0 N–H and O–H groups in total. The Balaban J connectivity index is 1.85.